The highest BCUT2D eigenvalue weighted by atomic mass is 35.5. The molecule has 0 saturated heterocycles. The number of carbonyl (C=O) groups is 1. The van der Waals surface area contributed by atoms with Crippen LogP contribution in [-0.4, -0.2) is 30.4 Å². The van der Waals surface area contributed by atoms with Crippen molar-refractivity contribution in [2.24, 2.45) is 4.99 Å². The molecular formula is C12H13ClFN3OS2. The fourth-order valence-corrected chi connectivity index (χ4v) is 3.44. The summed E-state index contributed by atoms with van der Waals surface area (Å²) in [7, 11) is 0. The number of aliphatic imine (C=N–C) groups is 1. The number of thioether (sulfide) groups is 1. The molecule has 1 aromatic carbocycles. The van der Waals surface area contributed by atoms with Crippen molar-refractivity contribution in [3.63, 3.8) is 0 Å². The van der Waals surface area contributed by atoms with E-state index in [0.717, 1.165) is 22.3 Å². The Morgan fingerprint density at radius 3 is 3.00 bits per heavy atom. The number of carbonyl (C=O) groups excluding carboxylic acids is 1. The summed E-state index contributed by atoms with van der Waals surface area (Å²) in [4.78, 5) is 16.6. The number of halogens is 2. The molecule has 2 aliphatic rings. The van der Waals surface area contributed by atoms with Crippen LogP contribution in [0.2, 0.25) is 5.02 Å². The van der Waals surface area contributed by atoms with Gasteiger partial charge in [-0.15, -0.1) is 0 Å². The number of benzene rings is 1. The van der Waals surface area contributed by atoms with Gasteiger partial charge in [0.05, 0.1) is 21.6 Å². The van der Waals surface area contributed by atoms with Gasteiger partial charge in [-0.3, -0.25) is 9.79 Å². The Hall–Kier alpha value is -0.920. The standard InChI is InChI=1S/C10H8ClFN2S.C2H5NOS/c1-5-4-14-7-3-2-6(12)8(11)9(7)15-10(14)13-5;1-5-3-2-4/h2-3,5H,4H2,1H3;2H,1H3,(H,3,4). The van der Waals surface area contributed by atoms with Crippen molar-refractivity contribution in [3.05, 3.63) is 23.0 Å². The van der Waals surface area contributed by atoms with E-state index in [1.165, 1.54) is 29.8 Å². The largest absolute Gasteiger partial charge is 0.318 e. The maximum Gasteiger partial charge on any atom is 0.216 e. The van der Waals surface area contributed by atoms with Gasteiger partial charge in [-0.2, -0.15) is 0 Å². The lowest BCUT2D eigenvalue weighted by molar-refractivity contribution is -0.107. The van der Waals surface area contributed by atoms with Gasteiger partial charge in [-0.25, -0.2) is 4.39 Å². The molecule has 1 atom stereocenters. The minimum Gasteiger partial charge on any atom is -0.318 e. The third-order valence-electron chi connectivity index (χ3n) is 2.69. The molecule has 8 heteroatoms. The summed E-state index contributed by atoms with van der Waals surface area (Å²) >= 11 is 8.65. The number of hydrogen-bond acceptors (Lipinski definition) is 5. The van der Waals surface area contributed by atoms with Gasteiger partial charge in [0.25, 0.3) is 0 Å². The molecule has 20 heavy (non-hydrogen) atoms. The van der Waals surface area contributed by atoms with Gasteiger partial charge >= 0.3 is 0 Å². The molecule has 0 radical (unpaired) electrons. The molecule has 0 bridgehead atoms. The van der Waals surface area contributed by atoms with Gasteiger partial charge < -0.3 is 9.62 Å². The van der Waals surface area contributed by atoms with E-state index < -0.39 is 0 Å². The number of amidine groups is 1. The Morgan fingerprint density at radius 1 is 1.65 bits per heavy atom. The third-order valence-corrected chi connectivity index (χ3v) is 4.63. The van der Waals surface area contributed by atoms with Crippen LogP contribution in [0.25, 0.3) is 0 Å². The lowest BCUT2D eigenvalue weighted by atomic mass is 10.2. The average molecular weight is 334 g/mol. The van der Waals surface area contributed by atoms with Crippen LogP contribution in [-0.2, 0) is 4.79 Å². The number of nitrogens with zero attached hydrogens (tertiary/aromatic N) is 2. The molecular weight excluding hydrogens is 321 g/mol. The van der Waals surface area contributed by atoms with E-state index in [9.17, 15) is 9.18 Å². The summed E-state index contributed by atoms with van der Waals surface area (Å²) in [6.45, 7) is 2.92. The monoisotopic (exact) mass is 333 g/mol. The average Bonchev–Trinajstić information content (AvgIpc) is 2.92. The highest BCUT2D eigenvalue weighted by Gasteiger charge is 2.34. The molecule has 2 aliphatic heterocycles. The Morgan fingerprint density at radius 2 is 2.40 bits per heavy atom. The van der Waals surface area contributed by atoms with Crippen LogP contribution in [0.3, 0.4) is 0 Å². The van der Waals surface area contributed by atoms with E-state index in [0.29, 0.717) is 12.5 Å². The quantitative estimate of drug-likeness (QED) is 0.667. The molecule has 0 spiro atoms. The van der Waals surface area contributed by atoms with Crippen LogP contribution in [0.4, 0.5) is 10.1 Å². The summed E-state index contributed by atoms with van der Waals surface area (Å²) in [6, 6.07) is 3.49. The summed E-state index contributed by atoms with van der Waals surface area (Å²) in [5.74, 6) is -0.363. The first-order valence-electron chi connectivity index (χ1n) is 5.81. The van der Waals surface area contributed by atoms with Crippen molar-refractivity contribution in [1.82, 2.24) is 4.72 Å². The molecule has 108 valence electrons. The molecule has 3 rings (SSSR count). The zero-order valence-electron chi connectivity index (χ0n) is 10.9. The minimum atomic E-state index is -0.363. The summed E-state index contributed by atoms with van der Waals surface area (Å²) < 4.78 is 15.6. The Labute approximate surface area is 130 Å². The molecule has 4 nitrogen and oxygen atoms in total. The number of rotatable bonds is 2. The summed E-state index contributed by atoms with van der Waals surface area (Å²) in [5.41, 5.74) is 0.981. The number of amides is 1. The Kier molecular flexibility index (Phi) is 5.17. The van der Waals surface area contributed by atoms with Crippen molar-refractivity contribution in [2.45, 2.75) is 17.9 Å². The van der Waals surface area contributed by atoms with Crippen molar-refractivity contribution >= 4 is 52.6 Å². The maximum atomic E-state index is 13.2. The van der Waals surface area contributed by atoms with E-state index >= 15 is 0 Å². The molecule has 1 aromatic rings. The minimum absolute atomic E-state index is 0.210. The molecule has 0 aromatic heterocycles. The van der Waals surface area contributed by atoms with E-state index in [4.69, 9.17) is 11.6 Å². The smallest absolute Gasteiger partial charge is 0.216 e. The van der Waals surface area contributed by atoms with E-state index in [1.54, 1.807) is 12.3 Å². The fourth-order valence-electron chi connectivity index (χ4n) is 1.90. The summed E-state index contributed by atoms with van der Waals surface area (Å²) in [5, 5.41) is 1.15. The highest BCUT2D eigenvalue weighted by molar-refractivity contribution is 8.15. The SMILES string of the molecule is CC1CN2C(=N1)Sc1c2ccc(F)c1Cl.CSNC=O. The van der Waals surface area contributed by atoms with E-state index in [1.807, 2.05) is 0 Å². The predicted molar refractivity (Wildman–Crippen MR) is 84.2 cm³/mol. The molecule has 1 amide bonds. The molecule has 0 aliphatic carbocycles. The first-order chi connectivity index (χ1) is 9.58. The van der Waals surface area contributed by atoms with Gasteiger partial charge in [0.2, 0.25) is 6.41 Å². The van der Waals surface area contributed by atoms with Crippen molar-refractivity contribution < 1.29 is 9.18 Å². The van der Waals surface area contributed by atoms with E-state index in [-0.39, 0.29) is 10.8 Å². The van der Waals surface area contributed by atoms with Crippen molar-refractivity contribution in [3.8, 4) is 0 Å². The van der Waals surface area contributed by atoms with Crippen LogP contribution in [0, 0.1) is 5.82 Å². The van der Waals surface area contributed by atoms with Gasteiger partial charge in [0.15, 0.2) is 5.17 Å². The van der Waals surface area contributed by atoms with Crippen molar-refractivity contribution in [2.75, 3.05) is 17.7 Å². The fraction of sp³-hybridized carbons (Fsp3) is 0.333. The third kappa shape index (κ3) is 3.05. The highest BCUT2D eigenvalue weighted by Crippen LogP contribution is 2.47. The van der Waals surface area contributed by atoms with Crippen LogP contribution < -0.4 is 9.62 Å². The van der Waals surface area contributed by atoms with Gasteiger partial charge in [-0.1, -0.05) is 23.5 Å². The number of nitrogens with one attached hydrogen (secondary N) is 1. The maximum absolute atomic E-state index is 13.2. The van der Waals surface area contributed by atoms with Crippen molar-refractivity contribution in [1.29, 1.82) is 0 Å². The molecule has 1 unspecified atom stereocenters. The van der Waals surface area contributed by atoms with Crippen LogP contribution in [0.1, 0.15) is 6.92 Å². The molecule has 2 heterocycles. The van der Waals surface area contributed by atoms with Crippen LogP contribution in [0.5, 0.6) is 0 Å². The summed E-state index contributed by atoms with van der Waals surface area (Å²) in [6.07, 6.45) is 2.43. The number of hydrogen-bond donors (Lipinski definition) is 1. The van der Waals surface area contributed by atoms with Crippen LogP contribution >= 0.6 is 35.3 Å². The topological polar surface area (TPSA) is 44.7 Å². The Bertz CT molecular complexity index is 556. The lowest BCUT2D eigenvalue weighted by Gasteiger charge is -2.13. The number of fused-ring (bicyclic) bond motifs is 3. The van der Waals surface area contributed by atoms with E-state index in [2.05, 4.69) is 21.5 Å². The molecule has 0 saturated carbocycles. The second kappa shape index (κ2) is 6.69. The van der Waals surface area contributed by atoms with Crippen LogP contribution in [0.15, 0.2) is 22.0 Å². The zero-order chi connectivity index (χ0) is 14.7. The van der Waals surface area contributed by atoms with Gasteiger partial charge in [0.1, 0.15) is 5.82 Å². The first kappa shape index (κ1) is 15.5. The normalized spacial score (nSPS) is 18.7. The molecule has 1 N–H and O–H groups in total. The van der Waals surface area contributed by atoms with Gasteiger partial charge in [0, 0.05) is 12.8 Å². The molecule has 0 fully saturated rings. The van der Waals surface area contributed by atoms with Gasteiger partial charge in [-0.05, 0) is 30.8 Å². The number of anilines is 1. The second-order valence-electron chi connectivity index (χ2n) is 4.12. The predicted octanol–water partition coefficient (Wildman–Crippen LogP) is 3.16. The Balaban J connectivity index is 0.000000257. The lowest BCUT2D eigenvalue weighted by Crippen LogP contribution is -2.22. The zero-order valence-corrected chi connectivity index (χ0v) is 13.3. The second-order valence-corrected chi connectivity index (χ2v) is 6.12. The first-order valence-corrected chi connectivity index (χ1v) is 8.23.